The van der Waals surface area contributed by atoms with E-state index in [-0.39, 0.29) is 0 Å². The Kier molecular flexibility index (Phi) is 4.71. The first-order valence-corrected chi connectivity index (χ1v) is 7.00. The van der Waals surface area contributed by atoms with Crippen molar-refractivity contribution >= 4 is 11.8 Å². The highest BCUT2D eigenvalue weighted by Gasteiger charge is 2.05. The fourth-order valence-electron chi connectivity index (χ4n) is 1.87. The lowest BCUT2D eigenvalue weighted by molar-refractivity contribution is 0.414. The van der Waals surface area contributed by atoms with E-state index >= 15 is 0 Å². The zero-order chi connectivity index (χ0) is 12.8. The fraction of sp³-hybridized carbons (Fsp3) is 0.250. The van der Waals surface area contributed by atoms with Gasteiger partial charge in [0.15, 0.2) is 0 Å². The third kappa shape index (κ3) is 3.81. The average Bonchev–Trinajstić information content (AvgIpc) is 2.40. The van der Waals surface area contributed by atoms with Crippen LogP contribution in [0.4, 0.5) is 0 Å². The highest BCUT2D eigenvalue weighted by atomic mass is 32.2. The van der Waals surface area contributed by atoms with Gasteiger partial charge in [0, 0.05) is 10.1 Å². The van der Waals surface area contributed by atoms with Gasteiger partial charge in [-0.25, -0.2) is 0 Å². The van der Waals surface area contributed by atoms with E-state index in [9.17, 15) is 0 Å². The summed E-state index contributed by atoms with van der Waals surface area (Å²) >= 11 is 1.92. The van der Waals surface area contributed by atoms with E-state index in [2.05, 4.69) is 49.4 Å². The Morgan fingerprint density at radius 1 is 1.00 bits per heavy atom. The molecule has 2 heteroatoms. The van der Waals surface area contributed by atoms with E-state index in [1.54, 1.807) is 7.11 Å². The summed E-state index contributed by atoms with van der Waals surface area (Å²) < 4.78 is 5.16. The van der Waals surface area contributed by atoms with Gasteiger partial charge in [-0.3, -0.25) is 0 Å². The zero-order valence-corrected chi connectivity index (χ0v) is 11.6. The van der Waals surface area contributed by atoms with E-state index in [1.807, 2.05) is 23.9 Å². The Morgan fingerprint density at radius 3 is 2.28 bits per heavy atom. The topological polar surface area (TPSA) is 9.23 Å². The summed E-state index contributed by atoms with van der Waals surface area (Å²) in [5.41, 5.74) is 1.35. The monoisotopic (exact) mass is 258 g/mol. The van der Waals surface area contributed by atoms with Crippen LogP contribution in [0.25, 0.3) is 0 Å². The largest absolute Gasteiger partial charge is 0.497 e. The van der Waals surface area contributed by atoms with Crippen molar-refractivity contribution in [1.29, 1.82) is 0 Å². The summed E-state index contributed by atoms with van der Waals surface area (Å²) in [6.07, 6.45) is 1.07. The van der Waals surface area contributed by atoms with Crippen molar-refractivity contribution in [2.45, 2.75) is 23.5 Å². The van der Waals surface area contributed by atoms with Crippen molar-refractivity contribution in [3.05, 3.63) is 60.2 Å². The molecule has 1 nitrogen and oxygen atoms in total. The third-order valence-corrected chi connectivity index (χ3v) is 3.88. The number of thioether (sulfide) groups is 1. The van der Waals surface area contributed by atoms with Crippen LogP contribution in [0.5, 0.6) is 5.75 Å². The van der Waals surface area contributed by atoms with Crippen LogP contribution in [0.3, 0.4) is 0 Å². The quantitative estimate of drug-likeness (QED) is 0.734. The summed E-state index contributed by atoms with van der Waals surface area (Å²) in [5.74, 6) is 0.919. The highest BCUT2D eigenvalue weighted by Crippen LogP contribution is 2.25. The van der Waals surface area contributed by atoms with E-state index in [1.165, 1.54) is 10.5 Å². The van der Waals surface area contributed by atoms with Gasteiger partial charge < -0.3 is 4.74 Å². The van der Waals surface area contributed by atoms with Gasteiger partial charge in [-0.2, -0.15) is 0 Å². The molecule has 0 saturated heterocycles. The number of hydrogen-bond acceptors (Lipinski definition) is 2. The zero-order valence-electron chi connectivity index (χ0n) is 10.8. The van der Waals surface area contributed by atoms with Gasteiger partial charge in [0.2, 0.25) is 0 Å². The van der Waals surface area contributed by atoms with E-state index < -0.39 is 0 Å². The molecule has 0 amide bonds. The maximum Gasteiger partial charge on any atom is 0.118 e. The highest BCUT2D eigenvalue weighted by molar-refractivity contribution is 7.99. The van der Waals surface area contributed by atoms with Crippen molar-refractivity contribution in [2.24, 2.45) is 0 Å². The molecule has 1 atom stereocenters. The summed E-state index contributed by atoms with van der Waals surface area (Å²) in [7, 11) is 1.70. The molecule has 2 rings (SSSR count). The van der Waals surface area contributed by atoms with Crippen LogP contribution in [0.2, 0.25) is 0 Å². The molecule has 1 unspecified atom stereocenters. The van der Waals surface area contributed by atoms with E-state index in [4.69, 9.17) is 4.74 Å². The van der Waals surface area contributed by atoms with Crippen molar-refractivity contribution in [3.8, 4) is 5.75 Å². The lowest BCUT2D eigenvalue weighted by Gasteiger charge is -2.11. The Labute approximate surface area is 113 Å². The Bertz CT molecular complexity index is 464. The van der Waals surface area contributed by atoms with Gasteiger partial charge in [0.1, 0.15) is 5.75 Å². The first-order chi connectivity index (χ1) is 8.78. The smallest absolute Gasteiger partial charge is 0.118 e. The normalized spacial score (nSPS) is 12.1. The van der Waals surface area contributed by atoms with Crippen LogP contribution in [0.15, 0.2) is 59.5 Å². The van der Waals surface area contributed by atoms with Gasteiger partial charge in [0.25, 0.3) is 0 Å². The minimum absolute atomic E-state index is 0.570. The minimum atomic E-state index is 0.570. The number of ether oxygens (including phenoxy) is 1. The Morgan fingerprint density at radius 2 is 1.67 bits per heavy atom. The molecule has 0 aromatic heterocycles. The second-order valence-electron chi connectivity index (χ2n) is 4.29. The van der Waals surface area contributed by atoms with Crippen LogP contribution < -0.4 is 4.74 Å². The first-order valence-electron chi connectivity index (χ1n) is 6.12. The molecule has 2 aromatic rings. The molecule has 0 aliphatic carbocycles. The predicted molar refractivity (Wildman–Crippen MR) is 78.5 cm³/mol. The summed E-state index contributed by atoms with van der Waals surface area (Å²) in [6, 6.07) is 18.9. The first kappa shape index (κ1) is 13.0. The van der Waals surface area contributed by atoms with Crippen LogP contribution in [-0.4, -0.2) is 12.4 Å². The van der Waals surface area contributed by atoms with Crippen LogP contribution in [0, 0.1) is 0 Å². The number of methoxy groups -OCH3 is 1. The van der Waals surface area contributed by atoms with Crippen LogP contribution in [0.1, 0.15) is 12.5 Å². The van der Waals surface area contributed by atoms with Gasteiger partial charge in [-0.05, 0) is 36.2 Å². The van der Waals surface area contributed by atoms with Gasteiger partial charge >= 0.3 is 0 Å². The number of hydrogen-bond donors (Lipinski definition) is 0. The lowest BCUT2D eigenvalue weighted by atomic mass is 10.1. The van der Waals surface area contributed by atoms with Gasteiger partial charge in [0.05, 0.1) is 7.11 Å². The van der Waals surface area contributed by atoms with E-state index in [0.29, 0.717) is 5.25 Å². The molecule has 0 heterocycles. The molecule has 94 valence electrons. The molecule has 0 aliphatic rings. The van der Waals surface area contributed by atoms with Crippen molar-refractivity contribution in [2.75, 3.05) is 7.11 Å². The molecule has 18 heavy (non-hydrogen) atoms. The molecule has 0 N–H and O–H groups in total. The van der Waals surface area contributed by atoms with Crippen molar-refractivity contribution in [3.63, 3.8) is 0 Å². The summed E-state index contributed by atoms with van der Waals surface area (Å²) in [4.78, 5) is 1.33. The van der Waals surface area contributed by atoms with Gasteiger partial charge in [-0.1, -0.05) is 37.3 Å². The molecular weight excluding hydrogens is 240 g/mol. The fourth-order valence-corrected chi connectivity index (χ4v) is 2.92. The Hall–Kier alpha value is -1.41. The number of rotatable bonds is 5. The Balaban J connectivity index is 1.92. The summed E-state index contributed by atoms with van der Waals surface area (Å²) in [5, 5.41) is 0.570. The van der Waals surface area contributed by atoms with E-state index in [0.717, 1.165) is 12.2 Å². The minimum Gasteiger partial charge on any atom is -0.497 e. The van der Waals surface area contributed by atoms with Crippen LogP contribution >= 0.6 is 11.8 Å². The number of benzene rings is 2. The standard InChI is InChI=1S/C16H18OS/c1-13(18-16-6-4-3-5-7-16)12-14-8-10-15(17-2)11-9-14/h3-11,13H,12H2,1-2H3. The second kappa shape index (κ2) is 6.50. The molecule has 2 aromatic carbocycles. The molecule has 0 aliphatic heterocycles. The second-order valence-corrected chi connectivity index (χ2v) is 5.81. The third-order valence-electron chi connectivity index (χ3n) is 2.76. The van der Waals surface area contributed by atoms with Gasteiger partial charge in [-0.15, -0.1) is 11.8 Å². The predicted octanol–water partition coefficient (Wildman–Crippen LogP) is 4.42. The molecule has 0 radical (unpaired) electrons. The summed E-state index contributed by atoms with van der Waals surface area (Å²) in [6.45, 7) is 2.27. The maximum absolute atomic E-state index is 5.16. The SMILES string of the molecule is COc1ccc(CC(C)Sc2ccccc2)cc1. The van der Waals surface area contributed by atoms with Crippen molar-refractivity contribution < 1.29 is 4.74 Å². The molecule has 0 saturated carbocycles. The van der Waals surface area contributed by atoms with Crippen molar-refractivity contribution in [1.82, 2.24) is 0 Å². The van der Waals surface area contributed by atoms with Crippen LogP contribution in [-0.2, 0) is 6.42 Å². The molecular formula is C16H18OS. The average molecular weight is 258 g/mol. The molecule has 0 fully saturated rings. The lowest BCUT2D eigenvalue weighted by Crippen LogP contribution is -2.01. The molecule has 0 spiro atoms. The maximum atomic E-state index is 5.16. The molecule has 0 bridgehead atoms.